The van der Waals surface area contributed by atoms with Crippen LogP contribution in [0.5, 0.6) is 11.5 Å². The van der Waals surface area contributed by atoms with Gasteiger partial charge in [-0.25, -0.2) is 4.68 Å². The van der Waals surface area contributed by atoms with Crippen LogP contribution in [0.25, 0.3) is 0 Å². The predicted octanol–water partition coefficient (Wildman–Crippen LogP) is 0.318. The van der Waals surface area contributed by atoms with Gasteiger partial charge in [-0.15, -0.1) is 5.10 Å². The molecule has 0 radical (unpaired) electrons. The number of nitrogens with two attached hydrogens (primary N) is 1. The van der Waals surface area contributed by atoms with Crippen molar-refractivity contribution in [1.29, 1.82) is 0 Å². The van der Waals surface area contributed by atoms with E-state index in [-0.39, 0.29) is 5.92 Å². The van der Waals surface area contributed by atoms with Gasteiger partial charge in [0, 0.05) is 25.2 Å². The third-order valence-corrected chi connectivity index (χ3v) is 3.02. The molecule has 102 valence electrons. The number of tetrazole rings is 1. The molecule has 7 nitrogen and oxygen atoms in total. The highest BCUT2D eigenvalue weighted by Crippen LogP contribution is 2.32. The van der Waals surface area contributed by atoms with Crippen molar-refractivity contribution in [1.82, 2.24) is 20.2 Å². The van der Waals surface area contributed by atoms with Crippen LogP contribution in [0.1, 0.15) is 17.3 Å². The predicted molar refractivity (Wildman–Crippen MR) is 69.2 cm³/mol. The zero-order valence-electron chi connectivity index (χ0n) is 11.2. The van der Waals surface area contributed by atoms with Crippen LogP contribution >= 0.6 is 0 Å². The molecule has 19 heavy (non-hydrogen) atoms. The molecule has 0 saturated heterocycles. The molecule has 0 aliphatic rings. The molecule has 2 aromatic rings. The molecule has 0 amide bonds. The van der Waals surface area contributed by atoms with E-state index in [1.165, 1.54) is 0 Å². The number of aromatic nitrogens is 4. The molecule has 1 heterocycles. The number of aryl methyl sites for hydroxylation is 1. The van der Waals surface area contributed by atoms with Gasteiger partial charge in [-0.05, 0) is 16.5 Å². The third-order valence-electron chi connectivity index (χ3n) is 3.02. The fraction of sp³-hybridized carbons (Fsp3) is 0.417. The molecule has 1 aromatic heterocycles. The van der Waals surface area contributed by atoms with Crippen molar-refractivity contribution in [3.8, 4) is 11.5 Å². The Labute approximate surface area is 111 Å². The molecular weight excluding hydrogens is 246 g/mol. The SMILES string of the molecule is COc1ccc(C(CN)c2nnnn2C)c(OC)c1. The number of rotatable bonds is 5. The molecule has 0 aliphatic carbocycles. The molecule has 1 atom stereocenters. The Kier molecular flexibility index (Phi) is 3.96. The van der Waals surface area contributed by atoms with Crippen molar-refractivity contribution in [3.05, 3.63) is 29.6 Å². The second-order valence-electron chi connectivity index (χ2n) is 4.06. The van der Waals surface area contributed by atoms with E-state index in [2.05, 4.69) is 15.5 Å². The van der Waals surface area contributed by atoms with Crippen LogP contribution in [-0.2, 0) is 7.05 Å². The Balaban J connectivity index is 2.46. The van der Waals surface area contributed by atoms with Crippen LogP contribution in [0.15, 0.2) is 18.2 Å². The summed E-state index contributed by atoms with van der Waals surface area (Å²) in [5, 5.41) is 11.5. The summed E-state index contributed by atoms with van der Waals surface area (Å²) in [7, 11) is 5.01. The number of nitrogens with zero attached hydrogens (tertiary/aromatic N) is 4. The van der Waals surface area contributed by atoms with Crippen LogP contribution in [0.2, 0.25) is 0 Å². The summed E-state index contributed by atoms with van der Waals surface area (Å²) >= 11 is 0. The van der Waals surface area contributed by atoms with E-state index in [4.69, 9.17) is 15.2 Å². The molecule has 0 fully saturated rings. The molecule has 0 aliphatic heterocycles. The largest absolute Gasteiger partial charge is 0.497 e. The van der Waals surface area contributed by atoms with Gasteiger partial charge < -0.3 is 15.2 Å². The number of methoxy groups -OCH3 is 2. The van der Waals surface area contributed by atoms with Crippen molar-refractivity contribution in [2.75, 3.05) is 20.8 Å². The van der Waals surface area contributed by atoms with Crippen molar-refractivity contribution >= 4 is 0 Å². The van der Waals surface area contributed by atoms with Gasteiger partial charge in [-0.2, -0.15) is 0 Å². The minimum absolute atomic E-state index is 0.124. The lowest BCUT2D eigenvalue weighted by atomic mass is 9.97. The second-order valence-corrected chi connectivity index (χ2v) is 4.06. The normalized spacial score (nSPS) is 12.2. The first-order chi connectivity index (χ1) is 9.21. The van der Waals surface area contributed by atoms with E-state index in [1.54, 1.807) is 25.9 Å². The topological polar surface area (TPSA) is 88.1 Å². The minimum atomic E-state index is -0.124. The van der Waals surface area contributed by atoms with E-state index < -0.39 is 0 Å². The molecule has 0 saturated carbocycles. The number of hydrogen-bond donors (Lipinski definition) is 1. The fourth-order valence-electron chi connectivity index (χ4n) is 2.01. The molecule has 7 heteroatoms. The highest BCUT2D eigenvalue weighted by Gasteiger charge is 2.22. The molecule has 0 spiro atoms. The number of hydrogen-bond acceptors (Lipinski definition) is 6. The van der Waals surface area contributed by atoms with Crippen LogP contribution in [0, 0.1) is 0 Å². The molecule has 1 unspecified atom stereocenters. The van der Waals surface area contributed by atoms with Crippen LogP contribution in [0.4, 0.5) is 0 Å². The van der Waals surface area contributed by atoms with Gasteiger partial charge in [-0.3, -0.25) is 0 Å². The quantitative estimate of drug-likeness (QED) is 0.835. The zero-order chi connectivity index (χ0) is 13.8. The Morgan fingerprint density at radius 2 is 2.11 bits per heavy atom. The summed E-state index contributed by atoms with van der Waals surface area (Å²) in [6.07, 6.45) is 0. The Hall–Kier alpha value is -2.15. The van der Waals surface area contributed by atoms with E-state index in [1.807, 2.05) is 18.2 Å². The molecule has 0 bridgehead atoms. The van der Waals surface area contributed by atoms with Gasteiger partial charge in [0.15, 0.2) is 5.82 Å². The number of benzene rings is 1. The Morgan fingerprint density at radius 1 is 1.32 bits per heavy atom. The summed E-state index contributed by atoms with van der Waals surface area (Å²) < 4.78 is 12.2. The second kappa shape index (κ2) is 5.66. The first-order valence-corrected chi connectivity index (χ1v) is 5.85. The average molecular weight is 263 g/mol. The minimum Gasteiger partial charge on any atom is -0.497 e. The highest BCUT2D eigenvalue weighted by atomic mass is 16.5. The fourth-order valence-corrected chi connectivity index (χ4v) is 2.01. The third kappa shape index (κ3) is 2.50. The highest BCUT2D eigenvalue weighted by molar-refractivity contribution is 5.44. The van der Waals surface area contributed by atoms with Crippen LogP contribution in [-0.4, -0.2) is 41.0 Å². The monoisotopic (exact) mass is 263 g/mol. The Morgan fingerprint density at radius 3 is 2.63 bits per heavy atom. The van der Waals surface area contributed by atoms with Gasteiger partial charge in [-0.1, -0.05) is 6.07 Å². The average Bonchev–Trinajstić information content (AvgIpc) is 2.86. The lowest BCUT2D eigenvalue weighted by molar-refractivity contribution is 0.389. The maximum Gasteiger partial charge on any atom is 0.159 e. The van der Waals surface area contributed by atoms with Gasteiger partial charge in [0.1, 0.15) is 11.5 Å². The number of ether oxygens (including phenoxy) is 2. The van der Waals surface area contributed by atoms with E-state index in [9.17, 15) is 0 Å². The van der Waals surface area contributed by atoms with Gasteiger partial charge in [0.25, 0.3) is 0 Å². The van der Waals surface area contributed by atoms with Gasteiger partial charge in [0.05, 0.1) is 20.1 Å². The smallest absolute Gasteiger partial charge is 0.159 e. The van der Waals surface area contributed by atoms with Crippen molar-refractivity contribution < 1.29 is 9.47 Å². The van der Waals surface area contributed by atoms with Crippen LogP contribution < -0.4 is 15.2 Å². The summed E-state index contributed by atoms with van der Waals surface area (Å²) in [6, 6.07) is 5.61. The lowest BCUT2D eigenvalue weighted by Gasteiger charge is -2.17. The summed E-state index contributed by atoms with van der Waals surface area (Å²) in [5.41, 5.74) is 6.80. The zero-order valence-corrected chi connectivity index (χ0v) is 11.2. The van der Waals surface area contributed by atoms with Crippen molar-refractivity contribution in [3.63, 3.8) is 0 Å². The summed E-state index contributed by atoms with van der Waals surface area (Å²) in [5.74, 6) is 2.01. The molecular formula is C12H17N5O2. The molecule has 1 aromatic carbocycles. The van der Waals surface area contributed by atoms with E-state index in [0.29, 0.717) is 18.1 Å². The lowest BCUT2D eigenvalue weighted by Crippen LogP contribution is -2.18. The van der Waals surface area contributed by atoms with Gasteiger partial charge >= 0.3 is 0 Å². The summed E-state index contributed by atoms with van der Waals surface area (Å²) in [6.45, 7) is 0.386. The van der Waals surface area contributed by atoms with E-state index >= 15 is 0 Å². The maximum absolute atomic E-state index is 5.86. The van der Waals surface area contributed by atoms with Crippen molar-refractivity contribution in [2.24, 2.45) is 12.8 Å². The van der Waals surface area contributed by atoms with E-state index in [0.717, 1.165) is 11.3 Å². The first-order valence-electron chi connectivity index (χ1n) is 5.85. The first kappa shape index (κ1) is 13.3. The van der Waals surface area contributed by atoms with Crippen molar-refractivity contribution in [2.45, 2.75) is 5.92 Å². The molecule has 2 rings (SSSR count). The standard InChI is InChI=1S/C12H17N5O2/c1-17-12(14-15-16-17)10(7-13)9-5-4-8(18-2)6-11(9)19-3/h4-6,10H,7,13H2,1-3H3. The molecule has 2 N–H and O–H groups in total. The Bertz CT molecular complexity index is 555. The van der Waals surface area contributed by atoms with Crippen LogP contribution in [0.3, 0.4) is 0 Å². The maximum atomic E-state index is 5.86. The summed E-state index contributed by atoms with van der Waals surface area (Å²) in [4.78, 5) is 0. The van der Waals surface area contributed by atoms with Gasteiger partial charge in [0.2, 0.25) is 0 Å².